The van der Waals surface area contributed by atoms with Crippen molar-refractivity contribution in [3.63, 3.8) is 0 Å². The average molecular weight is 438 g/mol. The van der Waals surface area contributed by atoms with Crippen molar-refractivity contribution >= 4 is 20.4 Å². The number of benzene rings is 1. The number of esters is 1. The van der Waals surface area contributed by atoms with E-state index in [0.29, 0.717) is 18.6 Å². The third-order valence-corrected chi connectivity index (χ3v) is 5.46. The summed E-state index contributed by atoms with van der Waals surface area (Å²) < 4.78 is 23.5. The molecule has 0 aliphatic carbocycles. The van der Waals surface area contributed by atoms with Crippen molar-refractivity contribution in [1.29, 1.82) is 0 Å². The molecule has 2 heterocycles. The summed E-state index contributed by atoms with van der Waals surface area (Å²) in [4.78, 5) is 26.5. The number of imidazole rings is 1. The maximum Gasteiger partial charge on any atom is 0.320 e. The van der Waals surface area contributed by atoms with Gasteiger partial charge >= 0.3 is 14.5 Å². The molecule has 1 aliphatic rings. The number of nitrogens with one attached hydrogen (secondary N) is 1. The van der Waals surface area contributed by atoms with E-state index in [4.69, 9.17) is 19.5 Å². The Morgan fingerprint density at radius 1 is 1.37 bits per heavy atom. The molecule has 1 aliphatic heterocycles. The quantitative estimate of drug-likeness (QED) is 0.370. The van der Waals surface area contributed by atoms with Gasteiger partial charge in [0.1, 0.15) is 24.8 Å². The number of nitrogens with two attached hydrogens (primary N) is 1. The van der Waals surface area contributed by atoms with E-state index in [2.05, 4.69) is 14.8 Å². The molecule has 0 radical (unpaired) electrons. The lowest BCUT2D eigenvalue weighted by atomic mass is 10.2. The Balaban J connectivity index is 1.56. The van der Waals surface area contributed by atoms with Crippen LogP contribution >= 0.6 is 8.53 Å². The van der Waals surface area contributed by atoms with E-state index >= 15 is 0 Å². The fourth-order valence-corrected chi connectivity index (χ4v) is 3.87. The second-order valence-corrected chi connectivity index (χ2v) is 7.62. The fourth-order valence-electron chi connectivity index (χ4n) is 2.79. The van der Waals surface area contributed by atoms with Gasteiger partial charge in [-0.1, -0.05) is 18.2 Å². The summed E-state index contributed by atoms with van der Waals surface area (Å²) in [5.41, 5.74) is 4.97. The second kappa shape index (κ2) is 10.4. The molecule has 4 N–H and O–H groups in total. The second-order valence-electron chi connectivity index (χ2n) is 6.35. The topological polar surface area (TPSA) is 147 Å². The summed E-state index contributed by atoms with van der Waals surface area (Å²) in [6.07, 6.45) is 1.77. The highest BCUT2D eigenvalue weighted by atomic mass is 31.2. The molecule has 11 nitrogen and oxygen atoms in total. The number of carbonyl (C=O) groups excluding carboxylic acids is 2. The number of hydrogen-bond donors (Lipinski definition) is 3. The van der Waals surface area contributed by atoms with Gasteiger partial charge in [-0.3, -0.25) is 14.2 Å². The van der Waals surface area contributed by atoms with Crippen LogP contribution in [0.25, 0.3) is 0 Å². The molecular weight excluding hydrogens is 415 g/mol. The molecule has 162 valence electrons. The highest BCUT2D eigenvalue weighted by Crippen LogP contribution is 2.38. The number of carbonyl (C=O) groups is 2. The van der Waals surface area contributed by atoms with Crippen LogP contribution < -0.4 is 15.3 Å². The molecule has 3 unspecified atom stereocenters. The molecule has 0 spiro atoms. The summed E-state index contributed by atoms with van der Waals surface area (Å²) in [7, 11) is -0.333. The highest BCUT2D eigenvalue weighted by Gasteiger charge is 2.31. The molecule has 1 fully saturated rings. The molecule has 3 rings (SSSR count). The first kappa shape index (κ1) is 22.0. The zero-order valence-corrected chi connectivity index (χ0v) is 17.2. The van der Waals surface area contributed by atoms with E-state index in [1.165, 1.54) is 18.0 Å². The Bertz CT molecular complexity index is 863. The van der Waals surface area contributed by atoms with E-state index in [9.17, 15) is 14.7 Å². The van der Waals surface area contributed by atoms with Gasteiger partial charge < -0.3 is 29.4 Å². The van der Waals surface area contributed by atoms with E-state index < -0.39 is 26.6 Å². The summed E-state index contributed by atoms with van der Waals surface area (Å²) in [5, 5.41) is 13.0. The van der Waals surface area contributed by atoms with Crippen LogP contribution in [0.1, 0.15) is 29.6 Å². The van der Waals surface area contributed by atoms with Crippen LogP contribution in [-0.4, -0.2) is 52.9 Å². The van der Waals surface area contributed by atoms with Crippen LogP contribution in [0, 0.1) is 0 Å². The van der Waals surface area contributed by atoms with Crippen molar-refractivity contribution in [3.8, 4) is 11.6 Å². The lowest BCUT2D eigenvalue weighted by Crippen LogP contribution is -2.24. The van der Waals surface area contributed by atoms with Gasteiger partial charge in [0.15, 0.2) is 5.69 Å². The zero-order valence-electron chi connectivity index (χ0n) is 16.3. The summed E-state index contributed by atoms with van der Waals surface area (Å²) in [6.45, 7) is 0.128. The van der Waals surface area contributed by atoms with Crippen LogP contribution in [0.2, 0.25) is 0 Å². The van der Waals surface area contributed by atoms with Gasteiger partial charge in [0.25, 0.3) is 5.91 Å². The Morgan fingerprint density at radius 2 is 2.13 bits per heavy atom. The minimum atomic E-state index is -1.63. The number of amides is 1. The Hall–Kier alpha value is -2.72. The largest absolute Gasteiger partial charge is 0.493 e. The average Bonchev–Trinajstić information content (AvgIpc) is 3.36. The molecular formula is C18H23N4O7P. The maximum absolute atomic E-state index is 11.4. The van der Waals surface area contributed by atoms with Gasteiger partial charge in [-0.2, -0.15) is 0 Å². The summed E-state index contributed by atoms with van der Waals surface area (Å²) in [6, 6.07) is 9.06. The fraction of sp³-hybridized carbons (Fsp3) is 0.389. The van der Waals surface area contributed by atoms with Crippen molar-refractivity contribution < 1.29 is 33.2 Å². The Labute approximate surface area is 174 Å². The first-order chi connectivity index (χ1) is 14.5. The maximum atomic E-state index is 11.4. The van der Waals surface area contributed by atoms with Crippen molar-refractivity contribution in [2.45, 2.75) is 25.2 Å². The Kier molecular flexibility index (Phi) is 7.58. The van der Waals surface area contributed by atoms with Crippen molar-refractivity contribution in [3.05, 3.63) is 42.4 Å². The van der Waals surface area contributed by atoms with E-state index in [1.807, 2.05) is 18.2 Å². The van der Waals surface area contributed by atoms with E-state index in [0.717, 1.165) is 0 Å². The SMILES string of the molecule is COC(=O)CNP(OCC1CCC(n2cnc(C(N)=O)c2O)O1)Oc1ccccc1. The molecule has 3 atom stereocenters. The predicted molar refractivity (Wildman–Crippen MR) is 106 cm³/mol. The molecule has 1 saturated heterocycles. The first-order valence-electron chi connectivity index (χ1n) is 9.15. The number of para-hydroxylation sites is 1. The van der Waals surface area contributed by atoms with Crippen molar-refractivity contribution in [2.75, 3.05) is 20.3 Å². The summed E-state index contributed by atoms with van der Waals surface area (Å²) >= 11 is 0. The van der Waals surface area contributed by atoms with E-state index in [1.54, 1.807) is 12.1 Å². The van der Waals surface area contributed by atoms with Crippen molar-refractivity contribution in [2.24, 2.45) is 5.73 Å². The van der Waals surface area contributed by atoms with Crippen LogP contribution in [0.15, 0.2) is 36.7 Å². The molecule has 30 heavy (non-hydrogen) atoms. The smallest absolute Gasteiger partial charge is 0.320 e. The number of aromatic hydroxyl groups is 1. The first-order valence-corrected chi connectivity index (χ1v) is 10.3. The lowest BCUT2D eigenvalue weighted by Gasteiger charge is -2.20. The molecule has 1 aromatic heterocycles. The number of rotatable bonds is 10. The van der Waals surface area contributed by atoms with Crippen LogP contribution in [0.4, 0.5) is 0 Å². The van der Waals surface area contributed by atoms with Crippen LogP contribution in [0.5, 0.6) is 11.6 Å². The van der Waals surface area contributed by atoms with Crippen molar-refractivity contribution in [1.82, 2.24) is 14.6 Å². The molecule has 0 bridgehead atoms. The van der Waals surface area contributed by atoms with Gasteiger partial charge in [-0.15, -0.1) is 0 Å². The third kappa shape index (κ3) is 5.67. The zero-order chi connectivity index (χ0) is 21.5. The predicted octanol–water partition coefficient (Wildman–Crippen LogP) is 1.45. The number of aromatic nitrogens is 2. The van der Waals surface area contributed by atoms with Gasteiger partial charge in [0.05, 0.1) is 19.8 Å². The normalized spacial score (nSPS) is 19.4. The molecule has 1 aromatic carbocycles. The number of ether oxygens (including phenoxy) is 2. The Morgan fingerprint density at radius 3 is 2.80 bits per heavy atom. The number of hydrogen-bond acceptors (Lipinski definition) is 9. The molecule has 12 heteroatoms. The van der Waals surface area contributed by atoms with Crippen LogP contribution in [-0.2, 0) is 18.8 Å². The number of methoxy groups -OCH3 is 1. The molecule has 0 saturated carbocycles. The van der Waals surface area contributed by atoms with Gasteiger partial charge in [-0.05, 0) is 25.0 Å². The van der Waals surface area contributed by atoms with Crippen LogP contribution in [0.3, 0.4) is 0 Å². The van der Waals surface area contributed by atoms with E-state index in [-0.39, 0.29) is 30.8 Å². The number of primary amides is 1. The molecule has 1 amide bonds. The van der Waals surface area contributed by atoms with Gasteiger partial charge in [0, 0.05) is 0 Å². The standard InChI is InChI=1S/C18H23N4O7P/c1-26-15(23)9-21-30(29-12-5-3-2-4-6-12)27-10-13-7-8-14(28-13)22-11-20-16(17(19)24)18(22)25/h2-6,11,13-14,21,25H,7-10H2,1H3,(H2,19,24). The molecule has 2 aromatic rings. The summed E-state index contributed by atoms with van der Waals surface area (Å²) in [5.74, 6) is -0.998. The number of nitrogens with zero attached hydrogens (tertiary/aromatic N) is 2. The third-order valence-electron chi connectivity index (χ3n) is 4.29. The van der Waals surface area contributed by atoms with Gasteiger partial charge in [-0.25, -0.2) is 10.1 Å². The minimum absolute atomic E-state index is 0.0675. The highest BCUT2D eigenvalue weighted by molar-refractivity contribution is 7.45. The lowest BCUT2D eigenvalue weighted by molar-refractivity contribution is -0.139. The van der Waals surface area contributed by atoms with Gasteiger partial charge in [0.2, 0.25) is 5.88 Å². The minimum Gasteiger partial charge on any atom is -0.493 e. The monoisotopic (exact) mass is 438 g/mol.